The van der Waals surface area contributed by atoms with E-state index in [0.717, 1.165) is 21.7 Å². The molecule has 148 valence electrons. The highest BCUT2D eigenvalue weighted by Gasteiger charge is 2.11. The highest BCUT2D eigenvalue weighted by Crippen LogP contribution is 2.31. The second-order valence-corrected chi connectivity index (χ2v) is 6.96. The molecule has 3 aromatic rings. The molecular formula is C24H21FO4. The molecule has 0 fully saturated rings. The summed E-state index contributed by atoms with van der Waals surface area (Å²) in [7, 11) is 0. The topological polar surface area (TPSA) is 52.6 Å². The maximum atomic E-state index is 14.7. The van der Waals surface area contributed by atoms with E-state index in [0.29, 0.717) is 17.4 Å². The predicted octanol–water partition coefficient (Wildman–Crippen LogP) is 5.28. The van der Waals surface area contributed by atoms with Crippen LogP contribution in [0.1, 0.15) is 19.4 Å². The van der Waals surface area contributed by atoms with E-state index < -0.39 is 17.8 Å². The van der Waals surface area contributed by atoms with Crippen molar-refractivity contribution < 1.29 is 23.5 Å². The first kappa shape index (κ1) is 20.3. The number of hydrogen-bond donors (Lipinski definition) is 0. The molecule has 0 spiro atoms. The number of benzene rings is 3. The van der Waals surface area contributed by atoms with E-state index >= 15 is 0 Å². The molecule has 0 amide bonds. The van der Waals surface area contributed by atoms with Crippen LogP contribution in [-0.4, -0.2) is 18.5 Å². The standard InChI is InChI=1S/C24H21FO4/c1-14(2)23(26)28-10-9-16-5-7-19-17(11-16)12-22(25)21-13-18(6-8-20(19)21)29-24(27)15(3)4/h5-8,11-13H,1,3,9-10H2,2,4H3. The van der Waals surface area contributed by atoms with Crippen molar-refractivity contribution in [2.45, 2.75) is 20.3 Å². The summed E-state index contributed by atoms with van der Waals surface area (Å²) in [5.41, 5.74) is 1.55. The smallest absolute Gasteiger partial charge is 0.338 e. The minimum Gasteiger partial charge on any atom is -0.462 e. The zero-order chi connectivity index (χ0) is 21.1. The molecule has 0 heterocycles. The van der Waals surface area contributed by atoms with Crippen LogP contribution in [0.25, 0.3) is 21.5 Å². The van der Waals surface area contributed by atoms with Gasteiger partial charge in [-0.3, -0.25) is 0 Å². The van der Waals surface area contributed by atoms with Crippen LogP contribution >= 0.6 is 0 Å². The number of carbonyl (C=O) groups excluding carboxylic acids is 2. The van der Waals surface area contributed by atoms with Gasteiger partial charge >= 0.3 is 11.9 Å². The third-order valence-corrected chi connectivity index (χ3v) is 4.47. The Kier molecular flexibility index (Phi) is 5.78. The summed E-state index contributed by atoms with van der Waals surface area (Å²) in [5.74, 6) is -1.13. The Morgan fingerprint density at radius 1 is 0.897 bits per heavy atom. The van der Waals surface area contributed by atoms with Gasteiger partial charge < -0.3 is 9.47 Å². The first-order chi connectivity index (χ1) is 13.8. The molecule has 0 aromatic heterocycles. The number of hydrogen-bond acceptors (Lipinski definition) is 4. The van der Waals surface area contributed by atoms with Gasteiger partial charge in [-0.15, -0.1) is 0 Å². The van der Waals surface area contributed by atoms with E-state index in [9.17, 15) is 14.0 Å². The highest BCUT2D eigenvalue weighted by atomic mass is 19.1. The molecule has 3 rings (SSSR count). The normalized spacial score (nSPS) is 10.7. The third-order valence-electron chi connectivity index (χ3n) is 4.47. The monoisotopic (exact) mass is 392 g/mol. The molecule has 0 N–H and O–H groups in total. The van der Waals surface area contributed by atoms with Gasteiger partial charge in [0.1, 0.15) is 11.6 Å². The van der Waals surface area contributed by atoms with Crippen molar-refractivity contribution in [1.82, 2.24) is 0 Å². The van der Waals surface area contributed by atoms with E-state index in [4.69, 9.17) is 9.47 Å². The van der Waals surface area contributed by atoms with Crippen molar-refractivity contribution in [2.24, 2.45) is 0 Å². The van der Waals surface area contributed by atoms with E-state index in [1.165, 1.54) is 12.1 Å². The average Bonchev–Trinajstić information content (AvgIpc) is 2.67. The van der Waals surface area contributed by atoms with Crippen molar-refractivity contribution in [2.75, 3.05) is 6.61 Å². The maximum absolute atomic E-state index is 14.7. The molecule has 0 aliphatic heterocycles. The summed E-state index contributed by atoms with van der Waals surface area (Å²) >= 11 is 0. The molecule has 0 unspecified atom stereocenters. The van der Waals surface area contributed by atoms with Crippen molar-refractivity contribution in [1.29, 1.82) is 0 Å². The van der Waals surface area contributed by atoms with Gasteiger partial charge in [0, 0.05) is 23.0 Å². The molecule has 0 aliphatic rings. The number of carbonyl (C=O) groups is 2. The summed E-state index contributed by atoms with van der Waals surface area (Å²) in [4.78, 5) is 23.2. The molecule has 29 heavy (non-hydrogen) atoms. The van der Waals surface area contributed by atoms with E-state index in [1.54, 1.807) is 26.0 Å². The van der Waals surface area contributed by atoms with E-state index in [2.05, 4.69) is 13.2 Å². The minimum atomic E-state index is -0.553. The van der Waals surface area contributed by atoms with Crippen LogP contribution in [0.5, 0.6) is 5.75 Å². The Labute approximate surface area is 168 Å². The van der Waals surface area contributed by atoms with Crippen LogP contribution in [0.15, 0.2) is 66.8 Å². The van der Waals surface area contributed by atoms with Crippen LogP contribution in [0.2, 0.25) is 0 Å². The van der Waals surface area contributed by atoms with Gasteiger partial charge in [0.05, 0.1) is 6.61 Å². The maximum Gasteiger partial charge on any atom is 0.338 e. The highest BCUT2D eigenvalue weighted by molar-refractivity contribution is 6.08. The second kappa shape index (κ2) is 8.27. The summed E-state index contributed by atoms with van der Waals surface area (Å²) in [5, 5.41) is 2.70. The van der Waals surface area contributed by atoms with E-state index in [-0.39, 0.29) is 17.9 Å². The molecule has 3 aromatic carbocycles. The number of fused-ring (bicyclic) bond motifs is 3. The lowest BCUT2D eigenvalue weighted by molar-refractivity contribution is -0.138. The first-order valence-corrected chi connectivity index (χ1v) is 9.11. The van der Waals surface area contributed by atoms with Gasteiger partial charge in [-0.2, -0.15) is 0 Å². The van der Waals surface area contributed by atoms with Crippen LogP contribution in [0.4, 0.5) is 4.39 Å². The zero-order valence-corrected chi connectivity index (χ0v) is 16.4. The Bertz CT molecular complexity index is 1160. The SMILES string of the molecule is C=C(C)C(=O)OCCc1ccc2c(c1)cc(F)c1cc(OC(=O)C(=C)C)ccc12. The molecule has 0 aliphatic carbocycles. The zero-order valence-electron chi connectivity index (χ0n) is 16.4. The molecule has 5 heteroatoms. The fourth-order valence-corrected chi connectivity index (χ4v) is 2.94. The molecule has 0 radical (unpaired) electrons. The molecule has 0 atom stereocenters. The van der Waals surface area contributed by atoms with Crippen molar-refractivity contribution in [3.8, 4) is 5.75 Å². The fraction of sp³-hybridized carbons (Fsp3) is 0.167. The van der Waals surface area contributed by atoms with Gasteiger partial charge in [0.25, 0.3) is 0 Å². The number of ether oxygens (including phenoxy) is 2. The lowest BCUT2D eigenvalue weighted by Crippen LogP contribution is -2.08. The summed E-state index contributed by atoms with van der Waals surface area (Å²) in [6, 6.07) is 12.0. The van der Waals surface area contributed by atoms with Crippen molar-refractivity contribution >= 4 is 33.5 Å². The second-order valence-electron chi connectivity index (χ2n) is 6.96. The van der Waals surface area contributed by atoms with Crippen LogP contribution in [0.3, 0.4) is 0 Å². The Morgan fingerprint density at radius 3 is 2.28 bits per heavy atom. The number of esters is 2. The lowest BCUT2D eigenvalue weighted by atomic mass is 9.98. The largest absolute Gasteiger partial charge is 0.462 e. The van der Waals surface area contributed by atoms with Gasteiger partial charge in [-0.25, -0.2) is 14.0 Å². The quantitative estimate of drug-likeness (QED) is 0.248. The Balaban J connectivity index is 1.89. The third kappa shape index (κ3) is 4.51. The molecule has 0 saturated heterocycles. The Morgan fingerprint density at radius 2 is 1.59 bits per heavy atom. The van der Waals surface area contributed by atoms with Crippen LogP contribution in [-0.2, 0) is 20.7 Å². The van der Waals surface area contributed by atoms with Gasteiger partial charge in [0.2, 0.25) is 0 Å². The summed E-state index contributed by atoms with van der Waals surface area (Å²) in [6.45, 7) is 10.5. The van der Waals surface area contributed by atoms with Crippen molar-refractivity contribution in [3.63, 3.8) is 0 Å². The molecule has 4 nitrogen and oxygen atoms in total. The minimum absolute atomic E-state index is 0.227. The van der Waals surface area contributed by atoms with E-state index in [1.807, 2.05) is 18.2 Å². The predicted molar refractivity (Wildman–Crippen MR) is 111 cm³/mol. The van der Waals surface area contributed by atoms with Gasteiger partial charge in [0.15, 0.2) is 0 Å². The molecule has 0 saturated carbocycles. The average molecular weight is 392 g/mol. The van der Waals surface area contributed by atoms with Crippen LogP contribution in [0, 0.1) is 5.82 Å². The van der Waals surface area contributed by atoms with Crippen molar-refractivity contribution in [3.05, 3.63) is 78.1 Å². The van der Waals surface area contributed by atoms with Gasteiger partial charge in [-0.1, -0.05) is 31.4 Å². The lowest BCUT2D eigenvalue weighted by Gasteiger charge is -2.10. The number of rotatable bonds is 6. The first-order valence-electron chi connectivity index (χ1n) is 9.11. The Hall–Kier alpha value is -3.47. The fourth-order valence-electron chi connectivity index (χ4n) is 2.94. The van der Waals surface area contributed by atoms with Gasteiger partial charge in [-0.05, 0) is 59.8 Å². The molecular weight excluding hydrogens is 371 g/mol. The summed E-state index contributed by atoms with van der Waals surface area (Å²) < 4.78 is 25.0. The molecule has 0 bridgehead atoms. The number of halogens is 1. The van der Waals surface area contributed by atoms with Crippen LogP contribution < -0.4 is 4.74 Å². The summed E-state index contributed by atoms with van der Waals surface area (Å²) in [6.07, 6.45) is 0.518.